The third kappa shape index (κ3) is 4.96. The minimum atomic E-state index is -0.314. The van der Waals surface area contributed by atoms with Gasteiger partial charge < -0.3 is 18.8 Å². The zero-order valence-electron chi connectivity index (χ0n) is 16.8. The van der Waals surface area contributed by atoms with Crippen LogP contribution in [0.3, 0.4) is 0 Å². The molecular formula is C23H24FNO4. The maximum Gasteiger partial charge on any atom is 0.289 e. The van der Waals surface area contributed by atoms with Gasteiger partial charge in [0.15, 0.2) is 17.3 Å². The van der Waals surface area contributed by atoms with E-state index in [9.17, 15) is 9.18 Å². The summed E-state index contributed by atoms with van der Waals surface area (Å²) in [4.78, 5) is 14.2. The molecule has 3 rings (SSSR count). The summed E-state index contributed by atoms with van der Waals surface area (Å²) in [5.74, 6) is 1.68. The van der Waals surface area contributed by atoms with Crippen molar-refractivity contribution < 1.29 is 23.1 Å². The molecule has 29 heavy (non-hydrogen) atoms. The van der Waals surface area contributed by atoms with Gasteiger partial charge in [-0.2, -0.15) is 0 Å². The Labute approximate surface area is 169 Å². The van der Waals surface area contributed by atoms with Crippen LogP contribution in [0.25, 0.3) is 11.3 Å². The van der Waals surface area contributed by atoms with Crippen molar-refractivity contribution in [3.63, 3.8) is 0 Å². The molecule has 0 bridgehead atoms. The molecule has 0 unspecified atom stereocenters. The average Bonchev–Trinajstić information content (AvgIpc) is 3.23. The molecule has 152 valence electrons. The second kappa shape index (κ2) is 9.28. The molecule has 0 atom stereocenters. The number of benzene rings is 2. The highest BCUT2D eigenvalue weighted by Crippen LogP contribution is 2.28. The molecule has 0 saturated carbocycles. The number of ether oxygens (including phenoxy) is 2. The van der Waals surface area contributed by atoms with Gasteiger partial charge in [-0.25, -0.2) is 4.39 Å². The first-order chi connectivity index (χ1) is 14.0. The number of furan rings is 1. The summed E-state index contributed by atoms with van der Waals surface area (Å²) in [6, 6.07) is 15.1. The van der Waals surface area contributed by atoms with Gasteiger partial charge in [0.25, 0.3) is 5.91 Å². The number of nitrogens with zero attached hydrogens (tertiary/aromatic N) is 1. The highest BCUT2D eigenvalue weighted by molar-refractivity contribution is 5.91. The van der Waals surface area contributed by atoms with Crippen molar-refractivity contribution in [1.29, 1.82) is 0 Å². The van der Waals surface area contributed by atoms with Gasteiger partial charge in [0, 0.05) is 19.2 Å². The number of methoxy groups -OCH3 is 2. The number of carbonyl (C=O) groups excluding carboxylic acids is 1. The predicted molar refractivity (Wildman–Crippen MR) is 109 cm³/mol. The van der Waals surface area contributed by atoms with Crippen LogP contribution in [0.5, 0.6) is 11.5 Å². The standard InChI is InChI=1S/C23H24FNO4/c1-25(14-4-5-16-6-11-20(27-2)22(15-16)28-3)23(26)21-13-12-19(29-21)17-7-9-18(24)10-8-17/h6-13,15H,4-5,14H2,1-3H3. The van der Waals surface area contributed by atoms with E-state index in [-0.39, 0.29) is 17.5 Å². The van der Waals surface area contributed by atoms with Gasteiger partial charge in [-0.1, -0.05) is 6.07 Å². The van der Waals surface area contributed by atoms with Crippen molar-refractivity contribution in [3.8, 4) is 22.8 Å². The van der Waals surface area contributed by atoms with Crippen LogP contribution < -0.4 is 9.47 Å². The quantitative estimate of drug-likeness (QED) is 0.547. The molecule has 0 N–H and O–H groups in total. The van der Waals surface area contributed by atoms with Crippen molar-refractivity contribution in [3.05, 3.63) is 71.7 Å². The van der Waals surface area contributed by atoms with Gasteiger partial charge in [0.05, 0.1) is 14.2 Å². The molecular weight excluding hydrogens is 373 g/mol. The fraction of sp³-hybridized carbons (Fsp3) is 0.261. The van der Waals surface area contributed by atoms with Gasteiger partial charge in [0.1, 0.15) is 11.6 Å². The van der Waals surface area contributed by atoms with E-state index < -0.39 is 0 Å². The zero-order valence-corrected chi connectivity index (χ0v) is 16.8. The molecule has 5 nitrogen and oxygen atoms in total. The van der Waals surface area contributed by atoms with E-state index in [0.717, 1.165) is 24.0 Å². The largest absolute Gasteiger partial charge is 0.493 e. The van der Waals surface area contributed by atoms with Crippen LogP contribution in [0.4, 0.5) is 4.39 Å². The highest BCUT2D eigenvalue weighted by atomic mass is 19.1. The van der Waals surface area contributed by atoms with Gasteiger partial charge in [-0.15, -0.1) is 0 Å². The first-order valence-electron chi connectivity index (χ1n) is 9.34. The first kappa shape index (κ1) is 20.5. The van der Waals surface area contributed by atoms with Gasteiger partial charge >= 0.3 is 0 Å². The summed E-state index contributed by atoms with van der Waals surface area (Å²) in [7, 11) is 4.96. The van der Waals surface area contributed by atoms with Crippen LogP contribution >= 0.6 is 0 Å². The summed E-state index contributed by atoms with van der Waals surface area (Å²) in [6.45, 7) is 0.583. The molecule has 0 fully saturated rings. The summed E-state index contributed by atoms with van der Waals surface area (Å²) in [6.07, 6.45) is 1.60. The van der Waals surface area contributed by atoms with Crippen molar-refractivity contribution >= 4 is 5.91 Å². The zero-order chi connectivity index (χ0) is 20.8. The Morgan fingerprint density at radius 2 is 1.72 bits per heavy atom. The fourth-order valence-corrected chi connectivity index (χ4v) is 3.07. The number of halogens is 1. The van der Waals surface area contributed by atoms with E-state index in [1.54, 1.807) is 50.4 Å². The number of rotatable bonds is 8. The molecule has 0 aliphatic heterocycles. The van der Waals surface area contributed by atoms with Crippen molar-refractivity contribution in [1.82, 2.24) is 4.90 Å². The Hall–Kier alpha value is -3.28. The third-order valence-corrected chi connectivity index (χ3v) is 4.70. The van der Waals surface area contributed by atoms with Crippen molar-refractivity contribution in [2.24, 2.45) is 0 Å². The number of aryl methyl sites for hydroxylation is 1. The molecule has 3 aromatic rings. The normalized spacial score (nSPS) is 10.6. The second-order valence-corrected chi connectivity index (χ2v) is 6.69. The third-order valence-electron chi connectivity index (χ3n) is 4.70. The Balaban J connectivity index is 1.56. The summed E-state index contributed by atoms with van der Waals surface area (Å²) in [5.41, 5.74) is 1.83. The van der Waals surface area contributed by atoms with Crippen molar-refractivity contribution in [2.45, 2.75) is 12.8 Å². The van der Waals surface area contributed by atoms with E-state index >= 15 is 0 Å². The lowest BCUT2D eigenvalue weighted by atomic mass is 10.1. The minimum Gasteiger partial charge on any atom is -0.493 e. The SMILES string of the molecule is COc1ccc(CCCN(C)C(=O)c2ccc(-c3ccc(F)cc3)o2)cc1OC. The van der Waals surface area contributed by atoms with Crippen LogP contribution in [0.1, 0.15) is 22.5 Å². The Morgan fingerprint density at radius 3 is 2.41 bits per heavy atom. The molecule has 1 amide bonds. The monoisotopic (exact) mass is 397 g/mol. The smallest absolute Gasteiger partial charge is 0.289 e. The molecule has 0 saturated heterocycles. The Bertz CT molecular complexity index is 965. The van der Waals surface area contributed by atoms with Crippen LogP contribution in [0.15, 0.2) is 59.0 Å². The second-order valence-electron chi connectivity index (χ2n) is 6.69. The maximum absolute atomic E-state index is 13.1. The summed E-state index contributed by atoms with van der Waals surface area (Å²) >= 11 is 0. The van der Waals surface area contributed by atoms with E-state index in [1.165, 1.54) is 12.1 Å². The Kier molecular flexibility index (Phi) is 6.54. The minimum absolute atomic E-state index is 0.189. The number of amides is 1. The molecule has 0 radical (unpaired) electrons. The number of carbonyl (C=O) groups is 1. The van der Waals surface area contributed by atoms with Crippen LogP contribution in [-0.4, -0.2) is 38.6 Å². The molecule has 0 aliphatic rings. The average molecular weight is 397 g/mol. The van der Waals surface area contributed by atoms with Crippen molar-refractivity contribution in [2.75, 3.05) is 27.8 Å². The van der Waals surface area contributed by atoms with Gasteiger partial charge in [-0.05, 0) is 66.9 Å². The molecule has 2 aromatic carbocycles. The maximum atomic E-state index is 13.1. The van der Waals surface area contributed by atoms with E-state index in [2.05, 4.69) is 0 Å². The first-order valence-corrected chi connectivity index (χ1v) is 9.34. The molecule has 1 heterocycles. The van der Waals surface area contributed by atoms with Gasteiger partial charge in [-0.3, -0.25) is 4.79 Å². The lowest BCUT2D eigenvalue weighted by molar-refractivity contribution is 0.0763. The topological polar surface area (TPSA) is 51.9 Å². The van der Waals surface area contributed by atoms with Crippen LogP contribution in [0.2, 0.25) is 0 Å². The molecule has 0 aliphatic carbocycles. The molecule has 6 heteroatoms. The summed E-state index contributed by atoms with van der Waals surface area (Å²) < 4.78 is 29.3. The molecule has 1 aromatic heterocycles. The number of hydrogen-bond acceptors (Lipinski definition) is 4. The molecule has 0 spiro atoms. The van der Waals surface area contributed by atoms with Crippen LogP contribution in [0, 0.1) is 5.82 Å². The lowest BCUT2D eigenvalue weighted by Gasteiger charge is -2.16. The summed E-state index contributed by atoms with van der Waals surface area (Å²) in [5, 5.41) is 0. The van der Waals surface area contributed by atoms with E-state index in [1.807, 2.05) is 18.2 Å². The predicted octanol–water partition coefficient (Wildman–Crippen LogP) is 4.81. The van der Waals surface area contributed by atoms with Crippen LogP contribution in [-0.2, 0) is 6.42 Å². The lowest BCUT2D eigenvalue weighted by Crippen LogP contribution is -2.27. The van der Waals surface area contributed by atoms with E-state index in [0.29, 0.717) is 23.8 Å². The number of hydrogen-bond donors (Lipinski definition) is 0. The highest BCUT2D eigenvalue weighted by Gasteiger charge is 2.16. The van der Waals surface area contributed by atoms with E-state index in [4.69, 9.17) is 13.9 Å². The van der Waals surface area contributed by atoms with Gasteiger partial charge in [0.2, 0.25) is 0 Å². The fourth-order valence-electron chi connectivity index (χ4n) is 3.07. The Morgan fingerprint density at radius 1 is 1.00 bits per heavy atom.